The first-order valence-electron chi connectivity index (χ1n) is 14.6. The number of fused-ring (bicyclic) bond motifs is 9. The van der Waals surface area contributed by atoms with Gasteiger partial charge in [-0.1, -0.05) is 36.4 Å². The van der Waals surface area contributed by atoms with Crippen LogP contribution < -0.4 is 0 Å². The molecule has 0 saturated carbocycles. The highest BCUT2D eigenvalue weighted by Gasteiger charge is 2.20. The number of hydrogen-bond acceptors (Lipinski definition) is 7. The minimum absolute atomic E-state index is 0.432. The molecule has 0 bridgehead atoms. The van der Waals surface area contributed by atoms with Crippen LogP contribution in [0, 0.1) is 0 Å². The van der Waals surface area contributed by atoms with E-state index in [1.807, 2.05) is 89.5 Å². The Bertz CT molecular complexity index is 2610. The standard InChI is InChI=1S/C37H20N6O2/c1-3-11-29-23(7-1)27-19-21(13-15-31(27)44-29)33-40-34(22-14-16-32-28(20-22)24-8-2-4-12-30(24)45-32)42-37(41-33)43-35-25(9-5-17-38-35)26-10-6-18-39-36(26)43/h1-20H. The topological polar surface area (TPSA) is 95.7 Å². The van der Waals surface area contributed by atoms with Crippen LogP contribution in [0.5, 0.6) is 0 Å². The van der Waals surface area contributed by atoms with E-state index >= 15 is 0 Å². The molecule has 0 spiro atoms. The molecule has 6 aromatic heterocycles. The summed E-state index contributed by atoms with van der Waals surface area (Å²) in [5.74, 6) is 1.49. The zero-order valence-corrected chi connectivity index (χ0v) is 23.5. The summed E-state index contributed by atoms with van der Waals surface area (Å²) in [6.07, 6.45) is 3.55. The summed E-state index contributed by atoms with van der Waals surface area (Å²) in [5, 5.41) is 6.02. The lowest BCUT2D eigenvalue weighted by molar-refractivity contribution is 0.668. The van der Waals surface area contributed by atoms with E-state index in [0.717, 1.165) is 77.1 Å². The molecular weight excluding hydrogens is 560 g/mol. The normalized spacial score (nSPS) is 12.0. The third-order valence-corrected chi connectivity index (χ3v) is 8.38. The number of nitrogens with zero attached hydrogens (tertiary/aromatic N) is 6. The predicted octanol–water partition coefficient (Wildman–Crippen LogP) is 8.89. The van der Waals surface area contributed by atoms with Gasteiger partial charge in [-0.15, -0.1) is 0 Å². The van der Waals surface area contributed by atoms with Gasteiger partial charge >= 0.3 is 0 Å². The van der Waals surface area contributed by atoms with Gasteiger partial charge in [0.15, 0.2) is 11.6 Å². The molecule has 45 heavy (non-hydrogen) atoms. The maximum absolute atomic E-state index is 6.10. The Morgan fingerprint density at radius 3 is 1.42 bits per heavy atom. The van der Waals surface area contributed by atoms with Gasteiger partial charge in [-0.2, -0.15) is 9.97 Å². The van der Waals surface area contributed by atoms with Crippen LogP contribution in [0.3, 0.4) is 0 Å². The molecule has 0 fully saturated rings. The van der Waals surface area contributed by atoms with Gasteiger partial charge in [0, 0.05) is 55.8 Å². The third-order valence-electron chi connectivity index (χ3n) is 8.38. The van der Waals surface area contributed by atoms with Crippen LogP contribution in [0.2, 0.25) is 0 Å². The zero-order chi connectivity index (χ0) is 29.5. The highest BCUT2D eigenvalue weighted by Crippen LogP contribution is 2.35. The van der Waals surface area contributed by atoms with Gasteiger partial charge in [0.2, 0.25) is 5.95 Å². The highest BCUT2D eigenvalue weighted by molar-refractivity contribution is 6.08. The van der Waals surface area contributed by atoms with Gasteiger partial charge in [0.1, 0.15) is 33.6 Å². The molecule has 8 heteroatoms. The molecule has 0 amide bonds. The van der Waals surface area contributed by atoms with Crippen molar-refractivity contribution in [3.8, 4) is 28.7 Å². The summed E-state index contributed by atoms with van der Waals surface area (Å²) in [5.41, 5.74) is 6.43. The van der Waals surface area contributed by atoms with E-state index in [1.54, 1.807) is 12.4 Å². The van der Waals surface area contributed by atoms with Crippen molar-refractivity contribution in [1.82, 2.24) is 29.5 Å². The van der Waals surface area contributed by atoms with Crippen LogP contribution in [0.25, 0.3) is 94.7 Å². The number of hydrogen-bond donors (Lipinski definition) is 0. The van der Waals surface area contributed by atoms with Gasteiger partial charge in [0.25, 0.3) is 0 Å². The SMILES string of the molecule is c1ccc2c(c1)oc1ccc(-c3nc(-c4ccc5oc6ccccc6c5c4)nc(-n4c5ncccc5c5cccnc54)n3)cc12. The Kier molecular flexibility index (Phi) is 4.84. The lowest BCUT2D eigenvalue weighted by atomic mass is 10.1. The molecule has 0 aliphatic carbocycles. The second-order valence-corrected chi connectivity index (χ2v) is 11.0. The first kappa shape index (κ1) is 24.1. The molecule has 210 valence electrons. The molecule has 6 heterocycles. The van der Waals surface area contributed by atoms with E-state index in [1.165, 1.54) is 0 Å². The van der Waals surface area contributed by atoms with Crippen molar-refractivity contribution < 1.29 is 8.83 Å². The fourth-order valence-electron chi connectivity index (χ4n) is 6.31. The molecule has 0 radical (unpaired) electrons. The van der Waals surface area contributed by atoms with Crippen molar-refractivity contribution >= 4 is 65.9 Å². The van der Waals surface area contributed by atoms with E-state index < -0.39 is 0 Å². The molecule has 10 rings (SSSR count). The first-order valence-corrected chi connectivity index (χ1v) is 14.6. The smallest absolute Gasteiger partial charge is 0.241 e. The molecule has 4 aromatic carbocycles. The lowest BCUT2D eigenvalue weighted by Crippen LogP contribution is -2.07. The monoisotopic (exact) mass is 580 g/mol. The fraction of sp³-hybridized carbons (Fsp3) is 0. The summed E-state index contributed by atoms with van der Waals surface area (Å²) in [6.45, 7) is 0. The minimum atomic E-state index is 0.432. The van der Waals surface area contributed by atoms with Crippen LogP contribution in [0.15, 0.2) is 130 Å². The van der Waals surface area contributed by atoms with Gasteiger partial charge in [-0.25, -0.2) is 19.5 Å². The van der Waals surface area contributed by atoms with Gasteiger partial charge in [0.05, 0.1) is 0 Å². The average molecular weight is 581 g/mol. The Hall–Kier alpha value is -6.41. The van der Waals surface area contributed by atoms with Crippen molar-refractivity contribution in [1.29, 1.82) is 0 Å². The van der Waals surface area contributed by atoms with Crippen molar-refractivity contribution in [3.63, 3.8) is 0 Å². The molecule has 0 saturated heterocycles. The number of furan rings is 2. The van der Waals surface area contributed by atoms with E-state index in [-0.39, 0.29) is 0 Å². The number of pyridine rings is 2. The van der Waals surface area contributed by atoms with Gasteiger partial charge in [-0.3, -0.25) is 0 Å². The van der Waals surface area contributed by atoms with Crippen molar-refractivity contribution in [3.05, 3.63) is 122 Å². The van der Waals surface area contributed by atoms with Gasteiger partial charge in [-0.05, 0) is 72.8 Å². The number of benzene rings is 4. The van der Waals surface area contributed by atoms with Crippen LogP contribution in [-0.4, -0.2) is 29.5 Å². The molecule has 0 aliphatic rings. The van der Waals surface area contributed by atoms with Crippen LogP contribution in [0.1, 0.15) is 0 Å². The van der Waals surface area contributed by atoms with Gasteiger partial charge < -0.3 is 8.83 Å². The first-order chi connectivity index (χ1) is 22.3. The quantitative estimate of drug-likeness (QED) is 0.206. The Morgan fingerprint density at radius 1 is 0.422 bits per heavy atom. The number of para-hydroxylation sites is 2. The molecule has 8 nitrogen and oxygen atoms in total. The predicted molar refractivity (Wildman–Crippen MR) is 175 cm³/mol. The van der Waals surface area contributed by atoms with E-state index in [2.05, 4.69) is 24.3 Å². The molecular formula is C37H20N6O2. The van der Waals surface area contributed by atoms with Crippen LogP contribution in [-0.2, 0) is 0 Å². The molecule has 0 atom stereocenters. The fourth-order valence-corrected chi connectivity index (χ4v) is 6.31. The van der Waals surface area contributed by atoms with Crippen LogP contribution >= 0.6 is 0 Å². The minimum Gasteiger partial charge on any atom is -0.456 e. The van der Waals surface area contributed by atoms with E-state index in [4.69, 9.17) is 33.8 Å². The van der Waals surface area contributed by atoms with Crippen molar-refractivity contribution in [2.24, 2.45) is 0 Å². The zero-order valence-electron chi connectivity index (χ0n) is 23.5. The summed E-state index contributed by atoms with van der Waals surface area (Å²) >= 11 is 0. The molecule has 10 aromatic rings. The largest absolute Gasteiger partial charge is 0.456 e. The Morgan fingerprint density at radius 2 is 0.889 bits per heavy atom. The Balaban J connectivity index is 1.26. The third kappa shape index (κ3) is 3.56. The van der Waals surface area contributed by atoms with E-state index in [0.29, 0.717) is 17.6 Å². The van der Waals surface area contributed by atoms with Crippen LogP contribution in [0.4, 0.5) is 0 Å². The van der Waals surface area contributed by atoms with Crippen molar-refractivity contribution in [2.45, 2.75) is 0 Å². The average Bonchev–Trinajstić information content (AvgIpc) is 3.77. The summed E-state index contributed by atoms with van der Waals surface area (Å²) in [6, 6.07) is 36.1. The lowest BCUT2D eigenvalue weighted by Gasteiger charge is -2.10. The Labute approximate surface area is 254 Å². The maximum atomic E-state index is 6.10. The molecule has 0 N–H and O–H groups in total. The van der Waals surface area contributed by atoms with E-state index in [9.17, 15) is 0 Å². The number of aromatic nitrogens is 6. The summed E-state index contributed by atoms with van der Waals surface area (Å²) < 4.78 is 14.1. The second-order valence-electron chi connectivity index (χ2n) is 11.0. The summed E-state index contributed by atoms with van der Waals surface area (Å²) in [4.78, 5) is 24.6. The molecule has 0 unspecified atom stereocenters. The van der Waals surface area contributed by atoms with Crippen molar-refractivity contribution in [2.75, 3.05) is 0 Å². The maximum Gasteiger partial charge on any atom is 0.241 e. The molecule has 0 aliphatic heterocycles. The summed E-state index contributed by atoms with van der Waals surface area (Å²) in [7, 11) is 0. The second kappa shape index (κ2) is 9.05. The highest BCUT2D eigenvalue weighted by atomic mass is 16.3. The number of rotatable bonds is 3.